The predicted molar refractivity (Wildman–Crippen MR) is 84.2 cm³/mol. The van der Waals surface area contributed by atoms with Crippen LogP contribution in [0.5, 0.6) is 0 Å². The Hall–Kier alpha value is -1.04. The normalized spacial score (nSPS) is 22.2. The van der Waals surface area contributed by atoms with Crippen molar-refractivity contribution in [1.29, 1.82) is 0 Å². The number of hydrogen-bond acceptors (Lipinski definition) is 4. The molecule has 1 aromatic carbocycles. The Kier molecular flexibility index (Phi) is 4.01. The molecule has 0 amide bonds. The van der Waals surface area contributed by atoms with E-state index in [1.165, 1.54) is 0 Å². The van der Waals surface area contributed by atoms with Crippen molar-refractivity contribution in [2.45, 2.75) is 18.6 Å². The molecule has 2 unspecified atom stereocenters. The van der Waals surface area contributed by atoms with E-state index in [1.54, 1.807) is 0 Å². The molecule has 2 heterocycles. The van der Waals surface area contributed by atoms with E-state index >= 15 is 0 Å². The number of benzene rings is 1. The third kappa shape index (κ3) is 2.57. The average Bonchev–Trinajstić information content (AvgIpc) is 2.76. The molecule has 2 aromatic rings. The van der Waals surface area contributed by atoms with Gasteiger partial charge in [0.1, 0.15) is 5.82 Å². The number of thioether (sulfide) groups is 1. The second-order valence-electron chi connectivity index (χ2n) is 5.47. The fourth-order valence-corrected chi connectivity index (χ4v) is 4.11. The summed E-state index contributed by atoms with van der Waals surface area (Å²) in [5, 5.41) is 10.5. The zero-order valence-electron chi connectivity index (χ0n) is 12.0. The molecule has 0 radical (unpaired) electrons. The van der Waals surface area contributed by atoms with Gasteiger partial charge in [0.15, 0.2) is 0 Å². The quantitative estimate of drug-likeness (QED) is 0.931. The van der Waals surface area contributed by atoms with E-state index in [-0.39, 0.29) is 12.1 Å². The van der Waals surface area contributed by atoms with Gasteiger partial charge in [0.05, 0.1) is 17.1 Å². The minimum atomic E-state index is -0.358. The molecule has 1 saturated heterocycles. The topological polar surface area (TPSA) is 41.3 Å². The van der Waals surface area contributed by atoms with Crippen LogP contribution in [0.2, 0.25) is 0 Å². The van der Waals surface area contributed by atoms with Gasteiger partial charge in [0.25, 0.3) is 0 Å². The van der Waals surface area contributed by atoms with Gasteiger partial charge in [0.2, 0.25) is 0 Å². The van der Waals surface area contributed by atoms with Gasteiger partial charge < -0.3 is 9.67 Å². The molecule has 1 fully saturated rings. The lowest BCUT2D eigenvalue weighted by atomic mass is 10.1. The predicted octanol–water partition coefficient (Wildman–Crippen LogP) is 1.52. The number of nitrogens with zero attached hydrogens (tertiary/aromatic N) is 3. The highest BCUT2D eigenvalue weighted by Gasteiger charge is 2.27. The molecule has 0 aliphatic carbocycles. The molecule has 20 heavy (non-hydrogen) atoms. The first-order chi connectivity index (χ1) is 9.66. The number of likely N-dealkylation sites (N-methyl/N-ethyl adjacent to an activating group) is 1. The summed E-state index contributed by atoms with van der Waals surface area (Å²) in [6.45, 7) is 1.05. The summed E-state index contributed by atoms with van der Waals surface area (Å²) in [6, 6.07) is 8.35. The van der Waals surface area contributed by atoms with Crippen molar-refractivity contribution < 1.29 is 5.11 Å². The van der Waals surface area contributed by atoms with E-state index in [4.69, 9.17) is 0 Å². The molecule has 0 spiro atoms. The van der Waals surface area contributed by atoms with Crippen LogP contribution in [-0.4, -0.2) is 56.8 Å². The van der Waals surface area contributed by atoms with Crippen molar-refractivity contribution in [3.8, 4) is 0 Å². The van der Waals surface area contributed by atoms with Gasteiger partial charge in [-0.2, -0.15) is 11.8 Å². The molecule has 108 valence electrons. The number of aryl methyl sites for hydroxylation is 1. The standard InChI is InChI=1S/C15H21N3OS/c1-17-7-8-20-10-13(17)14(19)9-15-16-11-5-3-4-6-12(11)18(15)2/h3-6,13-14,19H,7-10H2,1-2H3. The minimum absolute atomic E-state index is 0.230. The molecule has 1 aromatic heterocycles. The van der Waals surface area contributed by atoms with Crippen LogP contribution in [0, 0.1) is 0 Å². The Bertz CT molecular complexity index is 598. The number of aromatic nitrogens is 2. The maximum absolute atomic E-state index is 10.5. The van der Waals surface area contributed by atoms with Crippen LogP contribution in [0.25, 0.3) is 11.0 Å². The highest BCUT2D eigenvalue weighted by molar-refractivity contribution is 7.99. The number of aliphatic hydroxyl groups is 1. The Labute approximate surface area is 123 Å². The number of aliphatic hydroxyl groups excluding tert-OH is 1. The fraction of sp³-hybridized carbons (Fsp3) is 0.533. The molecule has 1 aliphatic rings. The molecule has 0 bridgehead atoms. The molecular formula is C15H21N3OS. The zero-order valence-corrected chi connectivity index (χ0v) is 12.8. The van der Waals surface area contributed by atoms with E-state index in [1.807, 2.05) is 37.0 Å². The number of hydrogen-bond donors (Lipinski definition) is 1. The Balaban J connectivity index is 1.80. The van der Waals surface area contributed by atoms with Crippen LogP contribution < -0.4 is 0 Å². The first-order valence-electron chi connectivity index (χ1n) is 7.03. The monoisotopic (exact) mass is 291 g/mol. The first kappa shape index (κ1) is 13.9. The fourth-order valence-electron chi connectivity index (χ4n) is 2.81. The lowest BCUT2D eigenvalue weighted by Crippen LogP contribution is -2.48. The SMILES string of the molecule is CN1CCSCC1C(O)Cc1nc2ccccc2n1C. The van der Waals surface area contributed by atoms with Crippen LogP contribution in [0.1, 0.15) is 5.82 Å². The molecule has 4 nitrogen and oxygen atoms in total. The van der Waals surface area contributed by atoms with Gasteiger partial charge in [0, 0.05) is 37.6 Å². The van der Waals surface area contributed by atoms with E-state index in [2.05, 4.69) is 27.6 Å². The Morgan fingerprint density at radius 3 is 2.95 bits per heavy atom. The summed E-state index contributed by atoms with van der Waals surface area (Å²) in [7, 11) is 4.12. The van der Waals surface area contributed by atoms with Crippen LogP contribution >= 0.6 is 11.8 Å². The zero-order chi connectivity index (χ0) is 14.1. The van der Waals surface area contributed by atoms with Crippen LogP contribution in [0.15, 0.2) is 24.3 Å². The van der Waals surface area contributed by atoms with Crippen molar-refractivity contribution >= 4 is 22.8 Å². The second kappa shape index (κ2) is 5.76. The highest BCUT2D eigenvalue weighted by atomic mass is 32.2. The number of imidazole rings is 1. The van der Waals surface area contributed by atoms with E-state index in [0.717, 1.165) is 34.9 Å². The molecule has 5 heteroatoms. The van der Waals surface area contributed by atoms with Gasteiger partial charge in [-0.1, -0.05) is 12.1 Å². The summed E-state index contributed by atoms with van der Waals surface area (Å²) in [6.07, 6.45) is 0.254. The molecule has 0 saturated carbocycles. The number of fused-ring (bicyclic) bond motifs is 1. The molecular weight excluding hydrogens is 270 g/mol. The van der Waals surface area contributed by atoms with Gasteiger partial charge in [-0.3, -0.25) is 4.90 Å². The summed E-state index contributed by atoms with van der Waals surface area (Å²) < 4.78 is 2.09. The van der Waals surface area contributed by atoms with Crippen LogP contribution in [-0.2, 0) is 13.5 Å². The van der Waals surface area contributed by atoms with E-state index < -0.39 is 0 Å². The van der Waals surface area contributed by atoms with Crippen LogP contribution in [0.3, 0.4) is 0 Å². The largest absolute Gasteiger partial charge is 0.391 e. The second-order valence-corrected chi connectivity index (χ2v) is 6.62. The number of rotatable bonds is 3. The van der Waals surface area contributed by atoms with Gasteiger partial charge in [-0.05, 0) is 19.2 Å². The van der Waals surface area contributed by atoms with Gasteiger partial charge in [-0.25, -0.2) is 4.98 Å². The van der Waals surface area contributed by atoms with Gasteiger partial charge >= 0.3 is 0 Å². The van der Waals surface area contributed by atoms with Crippen molar-refractivity contribution in [1.82, 2.24) is 14.5 Å². The van der Waals surface area contributed by atoms with Crippen molar-refractivity contribution in [3.63, 3.8) is 0 Å². The molecule has 1 aliphatic heterocycles. The Morgan fingerprint density at radius 1 is 1.40 bits per heavy atom. The van der Waals surface area contributed by atoms with Gasteiger partial charge in [-0.15, -0.1) is 0 Å². The molecule has 1 N–H and O–H groups in total. The van der Waals surface area contributed by atoms with Crippen molar-refractivity contribution in [3.05, 3.63) is 30.1 Å². The third-order valence-electron chi connectivity index (χ3n) is 4.16. The summed E-state index contributed by atoms with van der Waals surface area (Å²) in [5.41, 5.74) is 2.13. The Morgan fingerprint density at radius 2 is 2.20 bits per heavy atom. The lowest BCUT2D eigenvalue weighted by molar-refractivity contribution is 0.0744. The first-order valence-corrected chi connectivity index (χ1v) is 8.18. The minimum Gasteiger partial charge on any atom is -0.391 e. The van der Waals surface area contributed by atoms with E-state index in [9.17, 15) is 5.11 Å². The average molecular weight is 291 g/mol. The molecule has 2 atom stereocenters. The molecule has 3 rings (SSSR count). The number of para-hydroxylation sites is 2. The van der Waals surface area contributed by atoms with Crippen molar-refractivity contribution in [2.24, 2.45) is 7.05 Å². The highest BCUT2D eigenvalue weighted by Crippen LogP contribution is 2.21. The summed E-state index contributed by atoms with van der Waals surface area (Å²) >= 11 is 1.93. The maximum atomic E-state index is 10.5. The maximum Gasteiger partial charge on any atom is 0.112 e. The van der Waals surface area contributed by atoms with Crippen LogP contribution in [0.4, 0.5) is 0 Å². The summed E-state index contributed by atoms with van der Waals surface area (Å²) in [4.78, 5) is 6.92. The van der Waals surface area contributed by atoms with E-state index in [0.29, 0.717) is 6.42 Å². The lowest BCUT2D eigenvalue weighted by Gasteiger charge is -2.35. The third-order valence-corrected chi connectivity index (χ3v) is 5.21. The van der Waals surface area contributed by atoms with Crippen molar-refractivity contribution in [2.75, 3.05) is 25.1 Å². The smallest absolute Gasteiger partial charge is 0.112 e. The summed E-state index contributed by atoms with van der Waals surface area (Å²) in [5.74, 6) is 3.12.